The van der Waals surface area contributed by atoms with E-state index in [0.717, 1.165) is 0 Å². The van der Waals surface area contributed by atoms with Gasteiger partial charge in [-0.3, -0.25) is 4.79 Å². The third-order valence-corrected chi connectivity index (χ3v) is 4.86. The zero-order valence-corrected chi connectivity index (χ0v) is 14.9. The average Bonchev–Trinajstić information content (AvgIpc) is 3.16. The van der Waals surface area contributed by atoms with Crippen LogP contribution in [0.4, 0.5) is 10.5 Å². The third kappa shape index (κ3) is 2.26. The highest BCUT2D eigenvalue weighted by atomic mass is 16.6. The molecule has 2 heterocycles. The molecule has 0 radical (unpaired) electrons. The topological polar surface area (TPSA) is 65.1 Å². The van der Waals surface area contributed by atoms with Gasteiger partial charge in [-0.2, -0.15) is 0 Å². The molecule has 2 atom stereocenters. The number of ether oxygens (including phenoxy) is 3. The lowest BCUT2D eigenvalue weighted by molar-refractivity contribution is -0.150. The predicted molar refractivity (Wildman–Crippen MR) is 98.7 cm³/mol. The Morgan fingerprint density at radius 1 is 1.15 bits per heavy atom. The molecule has 0 bridgehead atoms. The van der Waals surface area contributed by atoms with E-state index in [4.69, 9.17) is 14.2 Å². The van der Waals surface area contributed by atoms with Gasteiger partial charge in [-0.25, -0.2) is 9.69 Å². The van der Waals surface area contributed by atoms with Gasteiger partial charge in [0.25, 0.3) is 0 Å². The summed E-state index contributed by atoms with van der Waals surface area (Å²) in [6.45, 7) is 5.60. The number of fused-ring (bicyclic) bond motifs is 5. The fourth-order valence-corrected chi connectivity index (χ4v) is 3.86. The fourth-order valence-electron chi connectivity index (χ4n) is 3.86. The number of carbonyl (C=O) groups excluding carboxylic acids is 2. The summed E-state index contributed by atoms with van der Waals surface area (Å²) in [5.74, 6) is 0.0954. The van der Waals surface area contributed by atoms with Crippen molar-refractivity contribution in [3.63, 3.8) is 0 Å². The molecular formula is C21H19NO5. The van der Waals surface area contributed by atoms with E-state index >= 15 is 0 Å². The molecule has 6 nitrogen and oxygen atoms in total. The van der Waals surface area contributed by atoms with Crippen molar-refractivity contribution in [1.82, 2.24) is 0 Å². The van der Waals surface area contributed by atoms with Gasteiger partial charge < -0.3 is 14.2 Å². The second kappa shape index (κ2) is 6.46. The van der Waals surface area contributed by atoms with Crippen LogP contribution in [0.3, 0.4) is 0 Å². The Labute approximate surface area is 156 Å². The molecule has 0 spiro atoms. The van der Waals surface area contributed by atoms with Crippen LogP contribution in [0.15, 0.2) is 61.2 Å². The number of carbonyl (C=O) groups is 2. The van der Waals surface area contributed by atoms with E-state index in [0.29, 0.717) is 22.6 Å². The van der Waals surface area contributed by atoms with Crippen LogP contribution in [0, 0.1) is 0 Å². The average molecular weight is 365 g/mol. The molecule has 6 heteroatoms. The first kappa shape index (κ1) is 17.1. The van der Waals surface area contributed by atoms with E-state index in [-0.39, 0.29) is 13.2 Å². The zero-order valence-electron chi connectivity index (χ0n) is 14.9. The molecule has 0 fully saturated rings. The summed E-state index contributed by atoms with van der Waals surface area (Å²) < 4.78 is 16.8. The first-order valence-corrected chi connectivity index (χ1v) is 8.76. The smallest absolute Gasteiger partial charge is 0.417 e. The first-order valence-electron chi connectivity index (χ1n) is 8.76. The van der Waals surface area contributed by atoms with Crippen molar-refractivity contribution < 1.29 is 23.8 Å². The van der Waals surface area contributed by atoms with Gasteiger partial charge in [0.1, 0.15) is 12.4 Å². The van der Waals surface area contributed by atoms with Crippen molar-refractivity contribution in [2.24, 2.45) is 0 Å². The van der Waals surface area contributed by atoms with Gasteiger partial charge in [-0.15, -0.1) is 0 Å². The molecule has 1 amide bonds. The number of benzene rings is 2. The van der Waals surface area contributed by atoms with Crippen molar-refractivity contribution in [2.75, 3.05) is 18.1 Å². The van der Waals surface area contributed by atoms with Crippen LogP contribution >= 0.6 is 0 Å². The summed E-state index contributed by atoms with van der Waals surface area (Å²) in [5.41, 5.74) is 0.657. The van der Waals surface area contributed by atoms with Crippen LogP contribution in [0.5, 0.6) is 5.75 Å². The van der Waals surface area contributed by atoms with Crippen LogP contribution in [-0.4, -0.2) is 31.5 Å². The number of rotatable bonds is 4. The molecule has 27 heavy (non-hydrogen) atoms. The Morgan fingerprint density at radius 2 is 1.85 bits per heavy atom. The lowest BCUT2D eigenvalue weighted by Gasteiger charge is -2.29. The number of amides is 1. The van der Waals surface area contributed by atoms with Crippen molar-refractivity contribution in [2.45, 2.75) is 18.6 Å². The monoisotopic (exact) mass is 365 g/mol. The lowest BCUT2D eigenvalue weighted by atomic mass is 9.75. The molecule has 0 aliphatic carbocycles. The van der Waals surface area contributed by atoms with Crippen LogP contribution in [-0.2, 0) is 19.7 Å². The summed E-state index contributed by atoms with van der Waals surface area (Å²) in [4.78, 5) is 27.5. The predicted octanol–water partition coefficient (Wildman–Crippen LogP) is 3.40. The molecule has 0 saturated heterocycles. The largest absolute Gasteiger partial charge is 0.468 e. The quantitative estimate of drug-likeness (QED) is 0.614. The lowest BCUT2D eigenvalue weighted by Crippen LogP contribution is -2.52. The fraction of sp³-hybridized carbons (Fsp3) is 0.238. The van der Waals surface area contributed by atoms with Crippen molar-refractivity contribution >= 4 is 17.7 Å². The summed E-state index contributed by atoms with van der Waals surface area (Å²) in [6.07, 6.45) is -0.0297. The Hall–Kier alpha value is -3.28. The van der Waals surface area contributed by atoms with Gasteiger partial charge in [0.15, 0.2) is 5.41 Å². The van der Waals surface area contributed by atoms with Crippen molar-refractivity contribution in [3.05, 3.63) is 72.3 Å². The Morgan fingerprint density at radius 3 is 2.59 bits per heavy atom. The van der Waals surface area contributed by atoms with E-state index in [1.165, 1.54) is 11.0 Å². The minimum absolute atomic E-state index is 0.0591. The molecule has 0 N–H and O–H groups in total. The maximum atomic E-state index is 13.3. The molecule has 0 unspecified atom stereocenters. The number of para-hydroxylation sites is 2. The molecule has 0 aromatic heterocycles. The number of hydrogen-bond acceptors (Lipinski definition) is 5. The summed E-state index contributed by atoms with van der Waals surface area (Å²) in [7, 11) is 0. The Kier molecular flexibility index (Phi) is 4.11. The third-order valence-electron chi connectivity index (χ3n) is 4.86. The SMILES string of the molecule is C=CCOC(=O)N1c2ccccc2[C@@]2(C(=O)OCC)c3ccccc3O[C@@H]12. The van der Waals surface area contributed by atoms with Gasteiger partial charge in [0, 0.05) is 11.1 Å². The number of anilines is 1. The maximum absolute atomic E-state index is 13.3. The summed E-state index contributed by atoms with van der Waals surface area (Å²) >= 11 is 0. The first-order chi connectivity index (χ1) is 13.2. The summed E-state index contributed by atoms with van der Waals surface area (Å²) in [5, 5.41) is 0. The molecular weight excluding hydrogens is 346 g/mol. The minimum atomic E-state index is -1.25. The standard InChI is InChI=1S/C21H19NO5/c1-3-13-26-20(24)22-16-11-7-5-9-14(16)21(19(23)25-4-2)15-10-6-8-12-17(15)27-18(21)22/h3,5-12,18H,1,4,13H2,2H3/t18-,21-/m1/s1. The molecule has 2 aliphatic rings. The number of esters is 1. The van der Waals surface area contributed by atoms with Crippen LogP contribution in [0.25, 0.3) is 0 Å². The highest BCUT2D eigenvalue weighted by Gasteiger charge is 2.66. The highest BCUT2D eigenvalue weighted by Crippen LogP contribution is 2.56. The molecule has 2 aliphatic heterocycles. The Bertz CT molecular complexity index is 924. The van der Waals surface area contributed by atoms with Gasteiger partial charge in [-0.1, -0.05) is 49.1 Å². The minimum Gasteiger partial charge on any atom is -0.468 e. The molecule has 2 aromatic carbocycles. The van der Waals surface area contributed by atoms with Gasteiger partial charge in [0.2, 0.25) is 6.23 Å². The highest BCUT2D eigenvalue weighted by molar-refractivity contribution is 6.02. The van der Waals surface area contributed by atoms with E-state index in [9.17, 15) is 9.59 Å². The van der Waals surface area contributed by atoms with E-state index in [1.807, 2.05) is 30.3 Å². The second-order valence-corrected chi connectivity index (χ2v) is 6.25. The van der Waals surface area contributed by atoms with Gasteiger partial charge in [0.05, 0.1) is 12.3 Å². The summed E-state index contributed by atoms with van der Waals surface area (Å²) in [6, 6.07) is 14.5. The number of hydrogen-bond donors (Lipinski definition) is 0. The van der Waals surface area contributed by atoms with Crippen molar-refractivity contribution in [1.29, 1.82) is 0 Å². The maximum Gasteiger partial charge on any atom is 0.417 e. The van der Waals surface area contributed by atoms with E-state index < -0.39 is 23.7 Å². The molecule has 138 valence electrons. The van der Waals surface area contributed by atoms with E-state index in [2.05, 4.69) is 6.58 Å². The van der Waals surface area contributed by atoms with Crippen LogP contribution in [0.2, 0.25) is 0 Å². The van der Waals surface area contributed by atoms with E-state index in [1.54, 1.807) is 25.1 Å². The molecule has 2 aromatic rings. The van der Waals surface area contributed by atoms with Crippen molar-refractivity contribution in [3.8, 4) is 5.75 Å². The number of nitrogens with zero attached hydrogens (tertiary/aromatic N) is 1. The van der Waals surface area contributed by atoms with Crippen LogP contribution in [0.1, 0.15) is 18.1 Å². The van der Waals surface area contributed by atoms with Gasteiger partial charge in [-0.05, 0) is 19.1 Å². The second-order valence-electron chi connectivity index (χ2n) is 6.25. The van der Waals surface area contributed by atoms with Gasteiger partial charge >= 0.3 is 12.1 Å². The molecule has 0 saturated carbocycles. The normalized spacial score (nSPS) is 21.5. The zero-order chi connectivity index (χ0) is 19.0. The van der Waals surface area contributed by atoms with Crippen LogP contribution < -0.4 is 9.64 Å². The molecule has 4 rings (SSSR count). The Balaban J connectivity index is 1.94.